The smallest absolute Gasteiger partial charge is 0.150 e. The maximum absolute atomic E-state index is 11.3. The number of halogens is 1. The van der Waals surface area contributed by atoms with Crippen LogP contribution in [0.4, 0.5) is 0 Å². The minimum absolute atomic E-state index is 0.0389. The molecule has 1 aromatic heterocycles. The molecule has 0 radical (unpaired) electrons. The van der Waals surface area contributed by atoms with E-state index in [1.54, 1.807) is 6.07 Å². The Kier molecular flexibility index (Phi) is 3.42. The molecule has 0 saturated carbocycles. The molecule has 2 rings (SSSR count). The van der Waals surface area contributed by atoms with Crippen molar-refractivity contribution in [3.05, 3.63) is 22.6 Å². The molecule has 2 heterocycles. The van der Waals surface area contributed by atoms with Gasteiger partial charge in [0, 0.05) is 0 Å². The lowest BCUT2D eigenvalue weighted by Gasteiger charge is -2.12. The van der Waals surface area contributed by atoms with Gasteiger partial charge in [0.25, 0.3) is 0 Å². The third-order valence-electron chi connectivity index (χ3n) is 2.83. The Labute approximate surface area is 103 Å². The molecule has 0 aliphatic carbocycles. The highest BCUT2D eigenvalue weighted by atomic mass is 79.9. The van der Waals surface area contributed by atoms with Crippen LogP contribution in [0.25, 0.3) is 0 Å². The lowest BCUT2D eigenvalue weighted by molar-refractivity contribution is 0.123. The third kappa shape index (κ3) is 2.67. The SMILES string of the molecule is O=S1(=O)CCC(CC(O)c2occc2Br)C1. The first-order valence-corrected chi connectivity index (χ1v) is 7.71. The summed E-state index contributed by atoms with van der Waals surface area (Å²) in [5, 5.41) is 9.90. The summed E-state index contributed by atoms with van der Waals surface area (Å²) in [7, 11) is -2.87. The van der Waals surface area contributed by atoms with E-state index in [1.807, 2.05) is 0 Å². The summed E-state index contributed by atoms with van der Waals surface area (Å²) in [6.07, 6.45) is 1.83. The van der Waals surface area contributed by atoms with Gasteiger partial charge in [-0.3, -0.25) is 0 Å². The van der Waals surface area contributed by atoms with E-state index in [9.17, 15) is 13.5 Å². The molecule has 1 saturated heterocycles. The minimum atomic E-state index is -2.87. The number of hydrogen-bond donors (Lipinski definition) is 1. The summed E-state index contributed by atoms with van der Waals surface area (Å²) in [5.74, 6) is 0.938. The van der Waals surface area contributed by atoms with Gasteiger partial charge in [0.2, 0.25) is 0 Å². The molecule has 2 atom stereocenters. The standard InChI is InChI=1S/C10H13BrO4S/c11-8-1-3-15-10(8)9(12)5-7-2-4-16(13,14)6-7/h1,3,7,9,12H,2,4-6H2. The van der Waals surface area contributed by atoms with Crippen LogP contribution in [0.15, 0.2) is 21.2 Å². The van der Waals surface area contributed by atoms with E-state index < -0.39 is 15.9 Å². The zero-order valence-electron chi connectivity index (χ0n) is 8.60. The lowest BCUT2D eigenvalue weighted by atomic mass is 10.00. The van der Waals surface area contributed by atoms with Gasteiger partial charge in [0.1, 0.15) is 11.9 Å². The van der Waals surface area contributed by atoms with E-state index in [4.69, 9.17) is 4.42 Å². The van der Waals surface area contributed by atoms with Gasteiger partial charge in [0.05, 0.1) is 22.2 Å². The van der Waals surface area contributed by atoms with E-state index in [1.165, 1.54) is 6.26 Å². The largest absolute Gasteiger partial charge is 0.465 e. The monoisotopic (exact) mass is 308 g/mol. The fraction of sp³-hybridized carbons (Fsp3) is 0.600. The summed E-state index contributed by atoms with van der Waals surface area (Å²) in [4.78, 5) is 0. The second-order valence-electron chi connectivity index (χ2n) is 4.15. The first-order chi connectivity index (χ1) is 7.48. The zero-order valence-corrected chi connectivity index (χ0v) is 11.0. The first-order valence-electron chi connectivity index (χ1n) is 5.09. The molecular formula is C10H13BrO4S. The summed E-state index contributed by atoms with van der Waals surface area (Å²) >= 11 is 3.27. The number of sulfone groups is 1. The molecule has 1 aromatic rings. The number of aliphatic hydroxyl groups is 1. The topological polar surface area (TPSA) is 67.5 Å². The van der Waals surface area contributed by atoms with Gasteiger partial charge in [-0.2, -0.15) is 0 Å². The molecule has 2 unspecified atom stereocenters. The maximum Gasteiger partial charge on any atom is 0.150 e. The lowest BCUT2D eigenvalue weighted by Crippen LogP contribution is -2.09. The molecule has 90 valence electrons. The molecular weight excluding hydrogens is 296 g/mol. The molecule has 0 spiro atoms. The molecule has 4 nitrogen and oxygen atoms in total. The van der Waals surface area contributed by atoms with Crippen LogP contribution in [-0.4, -0.2) is 25.0 Å². The number of hydrogen-bond acceptors (Lipinski definition) is 4. The van der Waals surface area contributed by atoms with Crippen molar-refractivity contribution in [3.8, 4) is 0 Å². The Morgan fingerprint density at radius 2 is 2.38 bits per heavy atom. The van der Waals surface area contributed by atoms with Crippen molar-refractivity contribution < 1.29 is 17.9 Å². The van der Waals surface area contributed by atoms with Gasteiger partial charge < -0.3 is 9.52 Å². The number of furan rings is 1. The number of rotatable bonds is 3. The second kappa shape index (κ2) is 4.50. The van der Waals surface area contributed by atoms with Crippen LogP contribution in [0.3, 0.4) is 0 Å². The Bertz CT molecular complexity index is 465. The van der Waals surface area contributed by atoms with Crippen LogP contribution >= 0.6 is 15.9 Å². The van der Waals surface area contributed by atoms with Crippen molar-refractivity contribution in [2.75, 3.05) is 11.5 Å². The van der Waals surface area contributed by atoms with Crippen molar-refractivity contribution in [1.82, 2.24) is 0 Å². The fourth-order valence-corrected chi connectivity index (χ4v) is 4.37. The van der Waals surface area contributed by atoms with Gasteiger partial charge in [-0.25, -0.2) is 8.42 Å². The summed E-state index contributed by atoms with van der Waals surface area (Å²) < 4.78 is 28.4. The van der Waals surface area contributed by atoms with E-state index in [2.05, 4.69) is 15.9 Å². The van der Waals surface area contributed by atoms with Crippen molar-refractivity contribution in [2.45, 2.75) is 18.9 Å². The highest BCUT2D eigenvalue weighted by Gasteiger charge is 2.30. The summed E-state index contributed by atoms with van der Waals surface area (Å²) in [6.45, 7) is 0. The average molecular weight is 309 g/mol. The van der Waals surface area contributed by atoms with Crippen molar-refractivity contribution in [2.24, 2.45) is 5.92 Å². The van der Waals surface area contributed by atoms with Gasteiger partial charge >= 0.3 is 0 Å². The molecule has 0 aromatic carbocycles. The van der Waals surface area contributed by atoms with Crippen molar-refractivity contribution in [1.29, 1.82) is 0 Å². The molecule has 6 heteroatoms. The second-order valence-corrected chi connectivity index (χ2v) is 7.24. The van der Waals surface area contributed by atoms with Crippen LogP contribution in [0.2, 0.25) is 0 Å². The van der Waals surface area contributed by atoms with Crippen LogP contribution < -0.4 is 0 Å². The Morgan fingerprint density at radius 3 is 2.88 bits per heavy atom. The first kappa shape index (κ1) is 12.1. The average Bonchev–Trinajstić information content (AvgIpc) is 2.72. The van der Waals surface area contributed by atoms with Crippen LogP contribution in [0.1, 0.15) is 24.7 Å². The van der Waals surface area contributed by atoms with E-state index in [0.717, 1.165) is 4.47 Å². The Hall–Kier alpha value is -0.330. The summed E-state index contributed by atoms with van der Waals surface area (Å²) in [6, 6.07) is 1.71. The van der Waals surface area contributed by atoms with Crippen molar-refractivity contribution >= 4 is 25.8 Å². The van der Waals surface area contributed by atoms with Crippen LogP contribution in [-0.2, 0) is 9.84 Å². The Balaban J connectivity index is 1.99. The predicted molar refractivity (Wildman–Crippen MR) is 62.7 cm³/mol. The highest BCUT2D eigenvalue weighted by Crippen LogP contribution is 2.32. The van der Waals surface area contributed by atoms with Gasteiger partial charge in [-0.05, 0) is 40.8 Å². The molecule has 1 N–H and O–H groups in total. The fourth-order valence-electron chi connectivity index (χ4n) is 2.02. The predicted octanol–water partition coefficient (Wildman–Crippen LogP) is 1.90. The van der Waals surface area contributed by atoms with Crippen LogP contribution in [0, 0.1) is 5.92 Å². The quantitative estimate of drug-likeness (QED) is 0.926. The maximum atomic E-state index is 11.3. The highest BCUT2D eigenvalue weighted by molar-refractivity contribution is 9.10. The molecule has 1 aliphatic heterocycles. The van der Waals surface area contributed by atoms with Gasteiger partial charge in [-0.15, -0.1) is 0 Å². The van der Waals surface area contributed by atoms with Gasteiger partial charge in [-0.1, -0.05) is 0 Å². The third-order valence-corrected chi connectivity index (χ3v) is 5.32. The van der Waals surface area contributed by atoms with E-state index >= 15 is 0 Å². The number of aliphatic hydroxyl groups excluding tert-OH is 1. The van der Waals surface area contributed by atoms with E-state index in [-0.39, 0.29) is 17.4 Å². The zero-order chi connectivity index (χ0) is 11.8. The normalized spacial score (nSPS) is 25.8. The minimum Gasteiger partial charge on any atom is -0.465 e. The summed E-state index contributed by atoms with van der Waals surface area (Å²) in [5.41, 5.74) is 0. The van der Waals surface area contributed by atoms with Crippen LogP contribution in [0.5, 0.6) is 0 Å². The molecule has 16 heavy (non-hydrogen) atoms. The molecule has 0 bridgehead atoms. The molecule has 1 aliphatic rings. The van der Waals surface area contributed by atoms with Gasteiger partial charge in [0.15, 0.2) is 9.84 Å². The molecule has 1 fully saturated rings. The van der Waals surface area contributed by atoms with Crippen molar-refractivity contribution in [3.63, 3.8) is 0 Å². The Morgan fingerprint density at radius 1 is 1.62 bits per heavy atom. The molecule has 0 amide bonds. The van der Waals surface area contributed by atoms with E-state index in [0.29, 0.717) is 18.6 Å².